The smallest absolute Gasteiger partial charge is 0.0640 e. The summed E-state index contributed by atoms with van der Waals surface area (Å²) in [7, 11) is 0. The Balaban J connectivity index is 1.21. The Morgan fingerprint density at radius 1 is 0.346 bits per heavy atom. The lowest BCUT2D eigenvalue weighted by Gasteiger charge is -2.28. The molecule has 0 atom stereocenters. The number of benzene rings is 9. The highest BCUT2D eigenvalue weighted by molar-refractivity contribution is 6.22. The third-order valence-electron chi connectivity index (χ3n) is 10.4. The Hall–Kier alpha value is -6.90. The van der Waals surface area contributed by atoms with Gasteiger partial charge in [-0.3, -0.25) is 0 Å². The van der Waals surface area contributed by atoms with E-state index in [1.807, 2.05) is 0 Å². The summed E-state index contributed by atoms with van der Waals surface area (Å²) in [6, 6.07) is 74.7. The summed E-state index contributed by atoms with van der Waals surface area (Å²) in [4.78, 5) is 2.42. The molecule has 1 heterocycles. The average Bonchev–Trinajstić information content (AvgIpc) is 3.57. The van der Waals surface area contributed by atoms with Crippen molar-refractivity contribution in [3.8, 4) is 27.9 Å². The van der Waals surface area contributed by atoms with E-state index in [0.717, 1.165) is 22.7 Å². The summed E-state index contributed by atoms with van der Waals surface area (Å²) in [5.74, 6) is 0. The molecule has 0 unspecified atom stereocenters. The Morgan fingerprint density at radius 2 is 0.904 bits per heavy atom. The lowest BCUT2D eigenvalue weighted by Crippen LogP contribution is -2.11. The molecule has 2 heteroatoms. The normalized spacial score (nSPS) is 11.5. The second kappa shape index (κ2) is 12.5. The van der Waals surface area contributed by atoms with Gasteiger partial charge in [0.25, 0.3) is 0 Å². The van der Waals surface area contributed by atoms with E-state index >= 15 is 0 Å². The predicted molar refractivity (Wildman–Crippen MR) is 221 cm³/mol. The summed E-state index contributed by atoms with van der Waals surface area (Å²) in [6.45, 7) is 0. The molecule has 9 aromatic carbocycles. The van der Waals surface area contributed by atoms with Gasteiger partial charge < -0.3 is 9.47 Å². The Labute approximate surface area is 303 Å². The Morgan fingerprint density at radius 3 is 1.65 bits per heavy atom. The van der Waals surface area contributed by atoms with Crippen molar-refractivity contribution in [2.75, 3.05) is 4.90 Å². The minimum Gasteiger partial charge on any atom is -0.310 e. The number of anilines is 3. The quantitative estimate of drug-likeness (QED) is 0.172. The molecule has 244 valence electrons. The number of nitrogens with zero attached hydrogens (tertiary/aromatic N) is 2. The molecular weight excluding hydrogens is 629 g/mol. The van der Waals surface area contributed by atoms with E-state index in [-0.39, 0.29) is 0 Å². The Bertz CT molecular complexity index is 2870. The van der Waals surface area contributed by atoms with Crippen LogP contribution in [0.2, 0.25) is 0 Å². The second-order valence-electron chi connectivity index (χ2n) is 13.4. The first kappa shape index (κ1) is 30.0. The topological polar surface area (TPSA) is 8.17 Å². The largest absolute Gasteiger partial charge is 0.310 e. The fraction of sp³-hybridized carbons (Fsp3) is 0. The predicted octanol–water partition coefficient (Wildman–Crippen LogP) is 13.9. The second-order valence-corrected chi connectivity index (χ2v) is 13.4. The monoisotopic (exact) mass is 662 g/mol. The maximum absolute atomic E-state index is 2.44. The van der Waals surface area contributed by atoms with Gasteiger partial charge in [-0.15, -0.1) is 0 Å². The van der Waals surface area contributed by atoms with Crippen molar-refractivity contribution in [3.05, 3.63) is 206 Å². The minimum atomic E-state index is 1.10. The van der Waals surface area contributed by atoms with Crippen LogP contribution < -0.4 is 4.90 Å². The van der Waals surface area contributed by atoms with E-state index in [0.29, 0.717) is 0 Å². The zero-order valence-electron chi connectivity index (χ0n) is 28.5. The molecule has 10 aromatic rings. The summed E-state index contributed by atoms with van der Waals surface area (Å²) < 4.78 is 2.44. The summed E-state index contributed by atoms with van der Waals surface area (Å²) in [5, 5.41) is 7.40. The molecule has 0 saturated carbocycles. The molecule has 0 aliphatic rings. The van der Waals surface area contributed by atoms with Crippen LogP contribution in [0.3, 0.4) is 0 Å². The third-order valence-corrected chi connectivity index (χ3v) is 10.4. The standard InChI is InChI=1S/C50H34N2/c1-3-12-35(13-4-1)37-24-29-43(30-25-37)51(44-31-26-38(27-32-44)41-23-22-36-14-7-8-15-40(36)34-41)48-21-11-16-39-28-33-46-45-19-9-10-20-47(45)52(50(46)49(39)48)42-17-5-2-6-18-42/h1-34H. The van der Waals surface area contributed by atoms with Crippen molar-refractivity contribution >= 4 is 60.4 Å². The van der Waals surface area contributed by atoms with Crippen LogP contribution in [-0.4, -0.2) is 4.57 Å². The van der Waals surface area contributed by atoms with Crippen LogP contribution in [0.25, 0.3) is 71.3 Å². The first-order chi connectivity index (χ1) is 25.8. The highest BCUT2D eigenvalue weighted by Gasteiger charge is 2.21. The summed E-state index contributed by atoms with van der Waals surface area (Å²) >= 11 is 0. The maximum Gasteiger partial charge on any atom is 0.0640 e. The molecule has 0 saturated heterocycles. The molecule has 0 aliphatic heterocycles. The molecule has 2 nitrogen and oxygen atoms in total. The van der Waals surface area contributed by atoms with E-state index in [1.54, 1.807) is 0 Å². The zero-order chi connectivity index (χ0) is 34.4. The first-order valence-electron chi connectivity index (χ1n) is 17.9. The van der Waals surface area contributed by atoms with Gasteiger partial charge in [0.15, 0.2) is 0 Å². The number of para-hydroxylation sites is 2. The number of hydrogen-bond donors (Lipinski definition) is 0. The lowest BCUT2D eigenvalue weighted by atomic mass is 9.99. The number of rotatable bonds is 6. The van der Waals surface area contributed by atoms with Crippen LogP contribution in [0.1, 0.15) is 0 Å². The highest BCUT2D eigenvalue weighted by Crippen LogP contribution is 2.45. The van der Waals surface area contributed by atoms with Crippen molar-refractivity contribution in [3.63, 3.8) is 0 Å². The van der Waals surface area contributed by atoms with E-state index in [2.05, 4.69) is 216 Å². The molecule has 0 N–H and O–H groups in total. The van der Waals surface area contributed by atoms with E-state index in [4.69, 9.17) is 0 Å². The molecular formula is C50H34N2. The van der Waals surface area contributed by atoms with Gasteiger partial charge in [-0.05, 0) is 93.0 Å². The van der Waals surface area contributed by atoms with Crippen LogP contribution in [0.15, 0.2) is 206 Å². The first-order valence-corrected chi connectivity index (χ1v) is 17.9. The third kappa shape index (κ3) is 5.04. The van der Waals surface area contributed by atoms with Crippen LogP contribution in [0.4, 0.5) is 17.1 Å². The highest BCUT2D eigenvalue weighted by atomic mass is 15.1. The van der Waals surface area contributed by atoms with Crippen molar-refractivity contribution in [2.24, 2.45) is 0 Å². The lowest BCUT2D eigenvalue weighted by molar-refractivity contribution is 1.18. The SMILES string of the molecule is c1ccc(-c2ccc(N(c3ccc(-c4ccc5ccccc5c4)cc3)c3cccc4ccc5c6ccccc6n(-c6ccccc6)c5c34)cc2)cc1. The fourth-order valence-corrected chi connectivity index (χ4v) is 7.87. The average molecular weight is 663 g/mol. The van der Waals surface area contributed by atoms with Gasteiger partial charge in [-0.1, -0.05) is 152 Å². The molecule has 0 spiro atoms. The van der Waals surface area contributed by atoms with Crippen molar-refractivity contribution in [1.82, 2.24) is 4.57 Å². The molecule has 0 aliphatic carbocycles. The van der Waals surface area contributed by atoms with E-state index in [9.17, 15) is 0 Å². The molecule has 52 heavy (non-hydrogen) atoms. The van der Waals surface area contributed by atoms with Crippen LogP contribution in [0.5, 0.6) is 0 Å². The molecule has 1 aromatic heterocycles. The summed E-state index contributed by atoms with van der Waals surface area (Å²) in [5.41, 5.74) is 11.7. The van der Waals surface area contributed by atoms with Gasteiger partial charge in [0.05, 0.1) is 16.7 Å². The van der Waals surface area contributed by atoms with Crippen LogP contribution in [0, 0.1) is 0 Å². The maximum atomic E-state index is 2.44. The van der Waals surface area contributed by atoms with Gasteiger partial charge in [-0.2, -0.15) is 0 Å². The number of fused-ring (bicyclic) bond motifs is 6. The van der Waals surface area contributed by atoms with Gasteiger partial charge in [0.2, 0.25) is 0 Å². The molecule has 0 fully saturated rings. The van der Waals surface area contributed by atoms with Crippen molar-refractivity contribution < 1.29 is 0 Å². The number of aromatic nitrogens is 1. The molecule has 10 rings (SSSR count). The minimum absolute atomic E-state index is 1.10. The number of hydrogen-bond acceptors (Lipinski definition) is 1. The van der Waals surface area contributed by atoms with Crippen molar-refractivity contribution in [1.29, 1.82) is 0 Å². The van der Waals surface area contributed by atoms with Gasteiger partial charge in [0, 0.05) is 33.2 Å². The van der Waals surface area contributed by atoms with E-state index < -0.39 is 0 Å². The molecule has 0 radical (unpaired) electrons. The van der Waals surface area contributed by atoms with Gasteiger partial charge in [0.1, 0.15) is 0 Å². The van der Waals surface area contributed by atoms with Crippen LogP contribution >= 0.6 is 0 Å². The molecule has 0 bridgehead atoms. The van der Waals surface area contributed by atoms with E-state index in [1.165, 1.54) is 65.6 Å². The summed E-state index contributed by atoms with van der Waals surface area (Å²) in [6.07, 6.45) is 0. The van der Waals surface area contributed by atoms with Crippen LogP contribution in [-0.2, 0) is 0 Å². The Kier molecular flexibility index (Phi) is 7.18. The van der Waals surface area contributed by atoms with Gasteiger partial charge >= 0.3 is 0 Å². The fourth-order valence-electron chi connectivity index (χ4n) is 7.87. The van der Waals surface area contributed by atoms with Gasteiger partial charge in [-0.25, -0.2) is 0 Å². The zero-order valence-corrected chi connectivity index (χ0v) is 28.5. The molecule has 0 amide bonds. The van der Waals surface area contributed by atoms with Crippen molar-refractivity contribution in [2.45, 2.75) is 0 Å².